The minimum atomic E-state index is -0.328. The molecule has 0 heterocycles. The van der Waals surface area contributed by atoms with E-state index in [1.807, 2.05) is 0 Å². The minimum absolute atomic E-state index is 0.0500. The maximum absolute atomic E-state index is 13.6. The fourth-order valence-electron chi connectivity index (χ4n) is 1.43. The summed E-state index contributed by atoms with van der Waals surface area (Å²) in [5.74, 6) is 0.160. The highest BCUT2D eigenvalue weighted by Crippen LogP contribution is 2.16. The van der Waals surface area contributed by atoms with Gasteiger partial charge in [0.15, 0.2) is 0 Å². The summed E-state index contributed by atoms with van der Waals surface area (Å²) in [5, 5.41) is 12.0. The van der Waals surface area contributed by atoms with Crippen LogP contribution < -0.4 is 10.1 Å². The van der Waals surface area contributed by atoms with Gasteiger partial charge >= 0.3 is 0 Å². The maximum Gasteiger partial charge on any atom is 0.131 e. The van der Waals surface area contributed by atoms with Gasteiger partial charge in [-0.1, -0.05) is 6.07 Å². The summed E-state index contributed by atoms with van der Waals surface area (Å²) in [4.78, 5) is 0. The van der Waals surface area contributed by atoms with Crippen LogP contribution in [-0.4, -0.2) is 38.6 Å². The smallest absolute Gasteiger partial charge is 0.131 e. The molecule has 0 aliphatic rings. The van der Waals surface area contributed by atoms with Crippen molar-refractivity contribution in [1.29, 1.82) is 0 Å². The van der Waals surface area contributed by atoms with E-state index in [9.17, 15) is 4.39 Å². The fourth-order valence-corrected chi connectivity index (χ4v) is 1.43. The molecule has 1 aromatic rings. The predicted octanol–water partition coefficient (Wildman–Crippen LogP) is 0.931. The molecule has 0 spiro atoms. The van der Waals surface area contributed by atoms with Crippen molar-refractivity contribution in [3.8, 4) is 5.75 Å². The van der Waals surface area contributed by atoms with Crippen LogP contribution in [0.15, 0.2) is 18.2 Å². The van der Waals surface area contributed by atoms with E-state index >= 15 is 0 Å². The first kappa shape index (κ1) is 13.9. The second-order valence-electron chi connectivity index (χ2n) is 3.67. The highest BCUT2D eigenvalue weighted by molar-refractivity contribution is 5.28. The van der Waals surface area contributed by atoms with Gasteiger partial charge in [-0.2, -0.15) is 0 Å². The van der Waals surface area contributed by atoms with Gasteiger partial charge in [-0.15, -0.1) is 0 Å². The van der Waals surface area contributed by atoms with Gasteiger partial charge in [0.2, 0.25) is 0 Å². The van der Waals surface area contributed by atoms with E-state index in [2.05, 4.69) is 5.32 Å². The molecule has 1 rings (SSSR count). The van der Waals surface area contributed by atoms with Gasteiger partial charge in [0.25, 0.3) is 0 Å². The number of benzene rings is 1. The summed E-state index contributed by atoms with van der Waals surface area (Å²) in [7, 11) is 3.05. The lowest BCUT2D eigenvalue weighted by Crippen LogP contribution is -2.36. The maximum atomic E-state index is 13.6. The van der Waals surface area contributed by atoms with Crippen LogP contribution in [0.5, 0.6) is 5.75 Å². The van der Waals surface area contributed by atoms with Crippen LogP contribution in [-0.2, 0) is 11.3 Å². The Morgan fingerprint density at radius 2 is 2.18 bits per heavy atom. The summed E-state index contributed by atoms with van der Waals surface area (Å²) >= 11 is 0. The third-order valence-electron chi connectivity index (χ3n) is 2.43. The molecule has 0 radical (unpaired) electrons. The van der Waals surface area contributed by atoms with E-state index in [-0.39, 0.29) is 18.5 Å². The number of rotatable bonds is 7. The van der Waals surface area contributed by atoms with Crippen molar-refractivity contribution in [3.05, 3.63) is 29.6 Å². The Morgan fingerprint density at radius 3 is 2.71 bits per heavy atom. The van der Waals surface area contributed by atoms with Crippen LogP contribution in [0.3, 0.4) is 0 Å². The largest absolute Gasteiger partial charge is 0.497 e. The molecular weight excluding hydrogens is 225 g/mol. The molecule has 0 amide bonds. The Kier molecular flexibility index (Phi) is 5.90. The van der Waals surface area contributed by atoms with Crippen molar-refractivity contribution in [2.45, 2.75) is 12.6 Å². The summed E-state index contributed by atoms with van der Waals surface area (Å²) in [6, 6.07) is 4.50. The molecule has 0 saturated carbocycles. The van der Waals surface area contributed by atoms with Gasteiger partial charge in [0.1, 0.15) is 11.6 Å². The molecule has 17 heavy (non-hydrogen) atoms. The topological polar surface area (TPSA) is 50.7 Å². The number of halogens is 1. The number of aliphatic hydroxyl groups is 1. The number of methoxy groups -OCH3 is 2. The Labute approximate surface area is 100 Å². The van der Waals surface area contributed by atoms with Gasteiger partial charge < -0.3 is 19.9 Å². The van der Waals surface area contributed by atoms with Crippen LogP contribution in [0, 0.1) is 5.82 Å². The SMILES string of the molecule is COCC(CO)NCc1ccc(OC)cc1F. The van der Waals surface area contributed by atoms with E-state index in [1.165, 1.54) is 13.2 Å². The molecule has 0 aromatic heterocycles. The standard InChI is InChI=1S/C12H18FNO3/c1-16-8-10(7-15)14-6-9-3-4-11(17-2)5-12(9)13/h3-5,10,14-15H,6-8H2,1-2H3. The molecule has 96 valence electrons. The molecule has 0 aliphatic carbocycles. The number of hydrogen-bond acceptors (Lipinski definition) is 4. The highest BCUT2D eigenvalue weighted by atomic mass is 19.1. The molecule has 2 N–H and O–H groups in total. The molecule has 0 saturated heterocycles. The normalized spacial score (nSPS) is 12.5. The van der Waals surface area contributed by atoms with Gasteiger partial charge in [0, 0.05) is 25.3 Å². The highest BCUT2D eigenvalue weighted by Gasteiger charge is 2.08. The summed E-state index contributed by atoms with van der Waals surface area (Å²) < 4.78 is 23.4. The molecular formula is C12H18FNO3. The molecule has 1 unspecified atom stereocenters. The number of aliphatic hydroxyl groups excluding tert-OH is 1. The van der Waals surface area contributed by atoms with E-state index in [0.717, 1.165) is 0 Å². The van der Waals surface area contributed by atoms with Crippen molar-refractivity contribution in [3.63, 3.8) is 0 Å². The molecule has 0 fully saturated rings. The molecule has 4 nitrogen and oxygen atoms in total. The van der Waals surface area contributed by atoms with E-state index in [0.29, 0.717) is 24.5 Å². The molecule has 0 aliphatic heterocycles. The first-order valence-corrected chi connectivity index (χ1v) is 5.36. The summed E-state index contributed by atoms with van der Waals surface area (Å²) in [6.07, 6.45) is 0. The van der Waals surface area contributed by atoms with Crippen LogP contribution in [0.4, 0.5) is 4.39 Å². The zero-order valence-electron chi connectivity index (χ0n) is 10.1. The lowest BCUT2D eigenvalue weighted by molar-refractivity contribution is 0.128. The zero-order chi connectivity index (χ0) is 12.7. The van der Waals surface area contributed by atoms with Crippen LogP contribution in [0.25, 0.3) is 0 Å². The minimum Gasteiger partial charge on any atom is -0.497 e. The lowest BCUT2D eigenvalue weighted by atomic mass is 10.2. The molecule has 0 bridgehead atoms. The molecule has 5 heteroatoms. The third kappa shape index (κ3) is 4.30. The Morgan fingerprint density at radius 1 is 1.41 bits per heavy atom. The second kappa shape index (κ2) is 7.21. The van der Waals surface area contributed by atoms with Gasteiger partial charge in [-0.05, 0) is 6.07 Å². The third-order valence-corrected chi connectivity index (χ3v) is 2.43. The van der Waals surface area contributed by atoms with Gasteiger partial charge in [-0.3, -0.25) is 0 Å². The monoisotopic (exact) mass is 243 g/mol. The Bertz CT molecular complexity index is 347. The number of hydrogen-bond donors (Lipinski definition) is 2. The molecule has 1 atom stereocenters. The first-order chi connectivity index (χ1) is 8.21. The zero-order valence-corrected chi connectivity index (χ0v) is 10.1. The quantitative estimate of drug-likeness (QED) is 0.748. The van der Waals surface area contributed by atoms with Crippen LogP contribution in [0.1, 0.15) is 5.56 Å². The van der Waals surface area contributed by atoms with Crippen LogP contribution in [0.2, 0.25) is 0 Å². The van der Waals surface area contributed by atoms with Crippen LogP contribution >= 0.6 is 0 Å². The van der Waals surface area contributed by atoms with E-state index in [1.54, 1.807) is 19.2 Å². The van der Waals surface area contributed by atoms with Gasteiger partial charge in [0.05, 0.1) is 26.4 Å². The van der Waals surface area contributed by atoms with Crippen molar-refractivity contribution in [2.75, 3.05) is 27.4 Å². The average molecular weight is 243 g/mol. The average Bonchev–Trinajstić information content (AvgIpc) is 2.35. The van der Waals surface area contributed by atoms with E-state index < -0.39 is 0 Å². The fraction of sp³-hybridized carbons (Fsp3) is 0.500. The van der Waals surface area contributed by atoms with Crippen molar-refractivity contribution in [1.82, 2.24) is 5.32 Å². The number of ether oxygens (including phenoxy) is 2. The Hall–Kier alpha value is -1.17. The van der Waals surface area contributed by atoms with Gasteiger partial charge in [-0.25, -0.2) is 4.39 Å². The number of nitrogens with one attached hydrogen (secondary N) is 1. The molecule has 1 aromatic carbocycles. The second-order valence-corrected chi connectivity index (χ2v) is 3.67. The van der Waals surface area contributed by atoms with Crippen molar-refractivity contribution < 1.29 is 19.0 Å². The summed E-state index contributed by atoms with van der Waals surface area (Å²) in [6.45, 7) is 0.671. The Balaban J connectivity index is 2.56. The first-order valence-electron chi connectivity index (χ1n) is 5.36. The van der Waals surface area contributed by atoms with Crippen molar-refractivity contribution >= 4 is 0 Å². The van der Waals surface area contributed by atoms with E-state index in [4.69, 9.17) is 14.6 Å². The summed E-state index contributed by atoms with van der Waals surface area (Å²) in [5.41, 5.74) is 0.528. The lowest BCUT2D eigenvalue weighted by Gasteiger charge is -2.15. The van der Waals surface area contributed by atoms with Crippen molar-refractivity contribution in [2.24, 2.45) is 0 Å². The predicted molar refractivity (Wildman–Crippen MR) is 62.5 cm³/mol.